The second-order valence-corrected chi connectivity index (χ2v) is 5.41. The maximum atomic E-state index is 12.4. The van der Waals surface area contributed by atoms with Gasteiger partial charge in [0, 0.05) is 5.56 Å². The molecule has 5 heteroatoms. The molecule has 1 atom stereocenters. The third kappa shape index (κ3) is 5.12. The average molecular weight is 327 g/mol. The molecule has 1 amide bonds. The van der Waals surface area contributed by atoms with Gasteiger partial charge in [-0.25, -0.2) is 0 Å². The molecule has 0 unspecified atom stereocenters. The molecule has 2 aromatic carbocycles. The molecule has 0 aliphatic rings. The van der Waals surface area contributed by atoms with Crippen LogP contribution in [0.4, 0.5) is 0 Å². The van der Waals surface area contributed by atoms with E-state index in [0.717, 1.165) is 12.0 Å². The standard InChI is InChI=1S/C19H21NO4/c1-2-12-24-16-10-8-15(9-11-16)19(23)20-17(13-18(21)22)14-6-4-3-5-7-14/h3-11,17H,2,12-13H2,1H3,(H,20,23)(H,21,22)/t17-/m1/s1. The zero-order chi connectivity index (χ0) is 17.4. The van der Waals surface area contributed by atoms with E-state index in [1.165, 1.54) is 0 Å². The lowest BCUT2D eigenvalue weighted by molar-refractivity contribution is -0.137. The highest BCUT2D eigenvalue weighted by molar-refractivity contribution is 5.94. The highest BCUT2D eigenvalue weighted by Gasteiger charge is 2.18. The predicted molar refractivity (Wildman–Crippen MR) is 91.1 cm³/mol. The summed E-state index contributed by atoms with van der Waals surface area (Å²) in [6.07, 6.45) is 0.740. The minimum absolute atomic E-state index is 0.173. The monoisotopic (exact) mass is 327 g/mol. The first kappa shape index (κ1) is 17.5. The third-order valence-corrected chi connectivity index (χ3v) is 3.48. The van der Waals surface area contributed by atoms with Crippen LogP contribution in [0.5, 0.6) is 5.75 Å². The highest BCUT2D eigenvalue weighted by atomic mass is 16.5. The Hall–Kier alpha value is -2.82. The van der Waals surface area contributed by atoms with Gasteiger partial charge < -0.3 is 15.2 Å². The molecule has 0 saturated heterocycles. The van der Waals surface area contributed by atoms with Crippen LogP contribution in [0.3, 0.4) is 0 Å². The van der Waals surface area contributed by atoms with Gasteiger partial charge in [-0.1, -0.05) is 37.3 Å². The van der Waals surface area contributed by atoms with Gasteiger partial charge in [0.15, 0.2) is 0 Å². The summed E-state index contributed by atoms with van der Waals surface area (Å²) in [5.74, 6) is -0.571. The molecule has 2 rings (SSSR count). The molecule has 0 spiro atoms. The SMILES string of the molecule is CCCOc1ccc(C(=O)N[C@H](CC(=O)O)c2ccccc2)cc1. The summed E-state index contributed by atoms with van der Waals surface area (Å²) in [4.78, 5) is 23.5. The van der Waals surface area contributed by atoms with Gasteiger partial charge in [-0.3, -0.25) is 9.59 Å². The molecule has 0 aliphatic heterocycles. The number of hydrogen-bond donors (Lipinski definition) is 2. The average Bonchev–Trinajstić information content (AvgIpc) is 2.60. The number of nitrogens with one attached hydrogen (secondary N) is 1. The number of rotatable bonds is 8. The largest absolute Gasteiger partial charge is 0.494 e. The summed E-state index contributed by atoms with van der Waals surface area (Å²) in [6, 6.07) is 15.3. The van der Waals surface area contributed by atoms with Crippen molar-refractivity contribution in [2.75, 3.05) is 6.61 Å². The molecule has 0 saturated carbocycles. The Morgan fingerprint density at radius 3 is 2.33 bits per heavy atom. The van der Waals surface area contributed by atoms with Crippen molar-refractivity contribution in [3.8, 4) is 5.75 Å². The topological polar surface area (TPSA) is 75.6 Å². The number of hydrogen-bond acceptors (Lipinski definition) is 3. The number of carbonyl (C=O) groups excluding carboxylic acids is 1. The van der Waals surface area contributed by atoms with Crippen LogP contribution in [-0.2, 0) is 4.79 Å². The molecule has 0 aromatic heterocycles. The first-order valence-electron chi connectivity index (χ1n) is 7.90. The van der Waals surface area contributed by atoms with Crippen LogP contribution >= 0.6 is 0 Å². The summed E-state index contributed by atoms with van der Waals surface area (Å²) in [5.41, 5.74) is 1.22. The fourth-order valence-corrected chi connectivity index (χ4v) is 2.28. The zero-order valence-corrected chi connectivity index (χ0v) is 13.6. The first-order valence-corrected chi connectivity index (χ1v) is 7.90. The van der Waals surface area contributed by atoms with Crippen molar-refractivity contribution in [1.82, 2.24) is 5.32 Å². The lowest BCUT2D eigenvalue weighted by atomic mass is 10.0. The Labute approximate surface area is 141 Å². The van der Waals surface area contributed by atoms with Crippen LogP contribution in [0.25, 0.3) is 0 Å². The van der Waals surface area contributed by atoms with E-state index in [0.29, 0.717) is 17.9 Å². The van der Waals surface area contributed by atoms with Crippen LogP contribution in [0, 0.1) is 0 Å². The number of ether oxygens (including phenoxy) is 1. The van der Waals surface area contributed by atoms with E-state index in [-0.39, 0.29) is 12.3 Å². The van der Waals surface area contributed by atoms with Crippen molar-refractivity contribution in [2.24, 2.45) is 0 Å². The fraction of sp³-hybridized carbons (Fsp3) is 0.263. The maximum Gasteiger partial charge on any atom is 0.305 e. The van der Waals surface area contributed by atoms with E-state index < -0.39 is 12.0 Å². The summed E-state index contributed by atoms with van der Waals surface area (Å²) < 4.78 is 5.48. The number of carboxylic acid groups (broad SMARTS) is 1. The highest BCUT2D eigenvalue weighted by Crippen LogP contribution is 2.18. The van der Waals surface area contributed by atoms with Crippen LogP contribution in [0.1, 0.15) is 41.7 Å². The quantitative estimate of drug-likeness (QED) is 0.779. The van der Waals surface area contributed by atoms with Crippen LogP contribution < -0.4 is 10.1 Å². The minimum atomic E-state index is -0.965. The smallest absolute Gasteiger partial charge is 0.305 e. The Morgan fingerprint density at radius 2 is 1.75 bits per heavy atom. The van der Waals surface area contributed by atoms with Gasteiger partial charge in [0.2, 0.25) is 0 Å². The van der Waals surface area contributed by atoms with E-state index in [1.54, 1.807) is 36.4 Å². The van der Waals surface area contributed by atoms with Crippen LogP contribution in [0.15, 0.2) is 54.6 Å². The van der Waals surface area contributed by atoms with E-state index >= 15 is 0 Å². The van der Waals surface area contributed by atoms with Gasteiger partial charge in [-0.05, 0) is 36.2 Å². The van der Waals surface area contributed by atoms with Gasteiger partial charge in [0.1, 0.15) is 5.75 Å². The molecule has 0 bridgehead atoms. The summed E-state index contributed by atoms with van der Waals surface area (Å²) in [7, 11) is 0. The van der Waals surface area contributed by atoms with Crippen molar-refractivity contribution >= 4 is 11.9 Å². The second kappa shape index (κ2) is 8.72. The Bertz CT molecular complexity index is 668. The molecular weight excluding hydrogens is 306 g/mol. The Morgan fingerprint density at radius 1 is 1.08 bits per heavy atom. The summed E-state index contributed by atoms with van der Waals surface area (Å²) in [6.45, 7) is 2.65. The Kier molecular flexibility index (Phi) is 6.37. The molecule has 0 radical (unpaired) electrons. The molecule has 0 heterocycles. The van der Waals surface area contributed by atoms with Crippen LogP contribution in [0.2, 0.25) is 0 Å². The first-order chi connectivity index (χ1) is 11.6. The van der Waals surface area contributed by atoms with Crippen molar-refractivity contribution in [2.45, 2.75) is 25.8 Å². The van der Waals surface area contributed by atoms with Crippen molar-refractivity contribution in [3.63, 3.8) is 0 Å². The van der Waals surface area contributed by atoms with Gasteiger partial charge in [0.25, 0.3) is 5.91 Å². The summed E-state index contributed by atoms with van der Waals surface area (Å²) in [5, 5.41) is 11.9. The number of aliphatic carboxylic acids is 1. The molecule has 0 fully saturated rings. The van der Waals surface area contributed by atoms with Gasteiger partial charge in [0.05, 0.1) is 19.1 Å². The number of benzene rings is 2. The van der Waals surface area contributed by atoms with Crippen LogP contribution in [-0.4, -0.2) is 23.6 Å². The molecule has 0 aliphatic carbocycles. The number of carboxylic acids is 1. The minimum Gasteiger partial charge on any atom is -0.494 e. The second-order valence-electron chi connectivity index (χ2n) is 5.41. The molecular formula is C19H21NO4. The number of amides is 1. The van der Waals surface area contributed by atoms with Crippen molar-refractivity contribution in [1.29, 1.82) is 0 Å². The van der Waals surface area contributed by atoms with Gasteiger partial charge in [-0.2, -0.15) is 0 Å². The van der Waals surface area contributed by atoms with Gasteiger partial charge in [-0.15, -0.1) is 0 Å². The lowest BCUT2D eigenvalue weighted by Gasteiger charge is -2.17. The van der Waals surface area contributed by atoms with Gasteiger partial charge >= 0.3 is 5.97 Å². The maximum absolute atomic E-state index is 12.4. The molecule has 24 heavy (non-hydrogen) atoms. The van der Waals surface area contributed by atoms with E-state index in [9.17, 15) is 9.59 Å². The normalized spacial score (nSPS) is 11.5. The van der Waals surface area contributed by atoms with E-state index in [4.69, 9.17) is 9.84 Å². The van der Waals surface area contributed by atoms with Crippen molar-refractivity contribution in [3.05, 3.63) is 65.7 Å². The van der Waals surface area contributed by atoms with E-state index in [2.05, 4.69) is 5.32 Å². The summed E-state index contributed by atoms with van der Waals surface area (Å²) >= 11 is 0. The third-order valence-electron chi connectivity index (χ3n) is 3.48. The Balaban J connectivity index is 2.08. The van der Waals surface area contributed by atoms with E-state index in [1.807, 2.05) is 25.1 Å². The predicted octanol–water partition coefficient (Wildman–Crippen LogP) is 3.42. The number of carbonyl (C=O) groups is 2. The molecule has 5 nitrogen and oxygen atoms in total. The fourth-order valence-electron chi connectivity index (χ4n) is 2.28. The lowest BCUT2D eigenvalue weighted by Crippen LogP contribution is -2.30. The molecule has 2 N–H and O–H groups in total. The molecule has 2 aromatic rings. The molecule has 126 valence electrons. The van der Waals surface area contributed by atoms with Crippen molar-refractivity contribution < 1.29 is 19.4 Å². The zero-order valence-electron chi connectivity index (χ0n) is 13.6.